The summed E-state index contributed by atoms with van der Waals surface area (Å²) >= 11 is 3.40. The molecule has 2 N–H and O–H groups in total. The second-order valence-electron chi connectivity index (χ2n) is 3.30. The van der Waals surface area contributed by atoms with Crippen LogP contribution in [-0.4, -0.2) is 19.9 Å². The van der Waals surface area contributed by atoms with Gasteiger partial charge in [0.25, 0.3) is 0 Å². The molecule has 1 atom stereocenters. The van der Waals surface area contributed by atoms with Gasteiger partial charge in [0.2, 0.25) is 0 Å². The first-order valence-corrected chi connectivity index (χ1v) is 5.82. The number of nitrogens with zero attached hydrogens (tertiary/aromatic N) is 3. The van der Waals surface area contributed by atoms with Crippen molar-refractivity contribution in [1.82, 2.24) is 19.9 Å². The maximum absolute atomic E-state index is 4.24. The Bertz CT molecular complexity index is 442. The largest absolute Gasteiger partial charge is 0.359 e. The topological polar surface area (TPSA) is 66.5 Å². The summed E-state index contributed by atoms with van der Waals surface area (Å²) in [7, 11) is 0. The van der Waals surface area contributed by atoms with Gasteiger partial charge in [0.15, 0.2) is 0 Å². The molecule has 2 aromatic heterocycles. The minimum atomic E-state index is 0.126. The van der Waals surface area contributed by atoms with Crippen LogP contribution in [0.5, 0.6) is 0 Å². The van der Waals surface area contributed by atoms with Crippen molar-refractivity contribution in [1.29, 1.82) is 0 Å². The van der Waals surface area contributed by atoms with E-state index in [1.54, 1.807) is 12.4 Å². The summed E-state index contributed by atoms with van der Waals surface area (Å²) in [4.78, 5) is 15.4. The van der Waals surface area contributed by atoms with E-state index in [0.717, 1.165) is 22.5 Å². The summed E-state index contributed by atoms with van der Waals surface area (Å²) in [6.07, 6.45) is 7.71. The Morgan fingerprint density at radius 2 is 2.38 bits per heavy atom. The van der Waals surface area contributed by atoms with Crippen molar-refractivity contribution in [3.05, 3.63) is 35.2 Å². The second-order valence-corrected chi connectivity index (χ2v) is 4.15. The van der Waals surface area contributed by atoms with Gasteiger partial charge in [-0.15, -0.1) is 0 Å². The van der Waals surface area contributed by atoms with E-state index in [2.05, 4.69) is 48.1 Å². The minimum absolute atomic E-state index is 0.126. The molecule has 0 saturated carbocycles. The third kappa shape index (κ3) is 2.38. The van der Waals surface area contributed by atoms with Crippen LogP contribution in [0.4, 0.5) is 5.82 Å². The van der Waals surface area contributed by atoms with Gasteiger partial charge in [0.1, 0.15) is 18.0 Å². The van der Waals surface area contributed by atoms with E-state index < -0.39 is 0 Å². The molecule has 0 aliphatic heterocycles. The normalized spacial score (nSPS) is 12.4. The predicted molar refractivity (Wildman–Crippen MR) is 65.0 cm³/mol. The van der Waals surface area contributed by atoms with E-state index in [1.807, 2.05) is 6.20 Å². The lowest BCUT2D eigenvalue weighted by atomic mass is 10.2. The van der Waals surface area contributed by atoms with Crippen LogP contribution >= 0.6 is 15.9 Å². The fourth-order valence-electron chi connectivity index (χ4n) is 1.42. The van der Waals surface area contributed by atoms with Gasteiger partial charge in [0.05, 0.1) is 10.5 Å². The second kappa shape index (κ2) is 5.07. The number of aromatic amines is 1. The van der Waals surface area contributed by atoms with Crippen LogP contribution in [-0.2, 0) is 0 Å². The zero-order chi connectivity index (χ0) is 11.4. The fraction of sp³-hybridized carbons (Fsp3) is 0.300. The lowest BCUT2D eigenvalue weighted by molar-refractivity contribution is 0.699. The molecule has 1 unspecified atom stereocenters. The average Bonchev–Trinajstić information content (AvgIpc) is 2.81. The molecule has 0 fully saturated rings. The van der Waals surface area contributed by atoms with Crippen molar-refractivity contribution in [3.8, 4) is 0 Å². The van der Waals surface area contributed by atoms with Crippen LogP contribution < -0.4 is 5.32 Å². The molecule has 0 bridgehead atoms. The molecule has 16 heavy (non-hydrogen) atoms. The van der Waals surface area contributed by atoms with Gasteiger partial charge in [-0.25, -0.2) is 15.0 Å². The Morgan fingerprint density at radius 3 is 3.00 bits per heavy atom. The number of imidazole rings is 1. The van der Waals surface area contributed by atoms with E-state index in [-0.39, 0.29) is 6.04 Å². The van der Waals surface area contributed by atoms with Crippen LogP contribution in [0, 0.1) is 0 Å². The van der Waals surface area contributed by atoms with Crippen molar-refractivity contribution < 1.29 is 0 Å². The number of rotatable bonds is 4. The molecule has 0 spiro atoms. The van der Waals surface area contributed by atoms with Gasteiger partial charge in [-0.1, -0.05) is 6.92 Å². The van der Waals surface area contributed by atoms with Gasteiger partial charge in [-0.3, -0.25) is 0 Å². The number of aromatic nitrogens is 4. The van der Waals surface area contributed by atoms with E-state index in [9.17, 15) is 0 Å². The van der Waals surface area contributed by atoms with Crippen LogP contribution in [0.25, 0.3) is 0 Å². The Balaban J connectivity index is 2.17. The van der Waals surface area contributed by atoms with E-state index >= 15 is 0 Å². The van der Waals surface area contributed by atoms with Crippen molar-refractivity contribution in [2.45, 2.75) is 19.4 Å². The highest BCUT2D eigenvalue weighted by Crippen LogP contribution is 2.23. The summed E-state index contributed by atoms with van der Waals surface area (Å²) in [5.41, 5.74) is 0. The van der Waals surface area contributed by atoms with E-state index in [4.69, 9.17) is 0 Å². The third-order valence-electron chi connectivity index (χ3n) is 2.24. The van der Waals surface area contributed by atoms with Crippen molar-refractivity contribution in [2.75, 3.05) is 5.32 Å². The molecule has 2 aromatic rings. The highest BCUT2D eigenvalue weighted by atomic mass is 79.9. The average molecular weight is 282 g/mol. The van der Waals surface area contributed by atoms with Crippen molar-refractivity contribution in [3.63, 3.8) is 0 Å². The van der Waals surface area contributed by atoms with Gasteiger partial charge in [-0.2, -0.15) is 0 Å². The van der Waals surface area contributed by atoms with Gasteiger partial charge >= 0.3 is 0 Å². The Labute approximate surface area is 102 Å². The predicted octanol–water partition coefficient (Wildman–Crippen LogP) is 2.53. The Hall–Kier alpha value is -1.43. The third-order valence-corrected chi connectivity index (χ3v) is 2.82. The van der Waals surface area contributed by atoms with Crippen molar-refractivity contribution in [2.24, 2.45) is 0 Å². The molecular weight excluding hydrogens is 270 g/mol. The molecule has 0 aliphatic rings. The molecule has 2 heterocycles. The maximum atomic E-state index is 4.24. The fourth-order valence-corrected chi connectivity index (χ4v) is 1.75. The summed E-state index contributed by atoms with van der Waals surface area (Å²) in [6, 6.07) is 0.126. The summed E-state index contributed by atoms with van der Waals surface area (Å²) in [5, 5.41) is 3.31. The van der Waals surface area contributed by atoms with Crippen LogP contribution in [0.3, 0.4) is 0 Å². The Morgan fingerprint density at radius 1 is 1.50 bits per heavy atom. The molecule has 0 saturated heterocycles. The summed E-state index contributed by atoms with van der Waals surface area (Å²) in [5.74, 6) is 1.69. The Kier molecular flexibility index (Phi) is 3.51. The molecule has 6 heteroatoms. The first-order valence-electron chi connectivity index (χ1n) is 5.02. The smallest absolute Gasteiger partial charge is 0.144 e. The monoisotopic (exact) mass is 281 g/mol. The number of halogens is 1. The molecule has 84 valence electrons. The lowest BCUT2D eigenvalue weighted by Gasteiger charge is -2.15. The molecule has 0 amide bonds. The minimum Gasteiger partial charge on any atom is -0.359 e. The zero-order valence-corrected chi connectivity index (χ0v) is 10.4. The molecule has 0 aromatic carbocycles. The van der Waals surface area contributed by atoms with Crippen LogP contribution in [0.15, 0.2) is 29.4 Å². The quantitative estimate of drug-likeness (QED) is 0.904. The SMILES string of the molecule is CCC(Nc1ncncc1Br)c1ncc[nH]1. The number of hydrogen-bond donors (Lipinski definition) is 2. The lowest BCUT2D eigenvalue weighted by Crippen LogP contribution is -2.12. The highest BCUT2D eigenvalue weighted by molar-refractivity contribution is 9.10. The number of nitrogens with one attached hydrogen (secondary N) is 2. The maximum Gasteiger partial charge on any atom is 0.144 e. The number of hydrogen-bond acceptors (Lipinski definition) is 4. The molecular formula is C10H12BrN5. The zero-order valence-electron chi connectivity index (χ0n) is 8.81. The summed E-state index contributed by atoms with van der Waals surface area (Å²) in [6.45, 7) is 2.09. The van der Waals surface area contributed by atoms with Crippen molar-refractivity contribution >= 4 is 21.7 Å². The summed E-state index contributed by atoms with van der Waals surface area (Å²) < 4.78 is 0.847. The van der Waals surface area contributed by atoms with Gasteiger partial charge in [-0.05, 0) is 22.4 Å². The van der Waals surface area contributed by atoms with Gasteiger partial charge in [0, 0.05) is 18.6 Å². The van der Waals surface area contributed by atoms with Crippen LogP contribution in [0.2, 0.25) is 0 Å². The molecule has 0 radical (unpaired) electrons. The molecule has 2 rings (SSSR count). The van der Waals surface area contributed by atoms with Gasteiger partial charge < -0.3 is 10.3 Å². The first-order chi connectivity index (χ1) is 7.81. The van der Waals surface area contributed by atoms with E-state index in [1.165, 1.54) is 6.33 Å². The number of anilines is 1. The standard InChI is InChI=1S/C10H12BrN5/c1-2-8(10-13-3-4-14-10)16-9-7(11)5-12-6-15-9/h3-6,8H,2H2,1H3,(H,13,14)(H,12,15,16). The highest BCUT2D eigenvalue weighted by Gasteiger charge is 2.13. The van der Waals surface area contributed by atoms with Crippen LogP contribution in [0.1, 0.15) is 25.2 Å². The van der Waals surface area contributed by atoms with E-state index in [0.29, 0.717) is 0 Å². The number of H-pyrrole nitrogens is 1. The molecule has 0 aliphatic carbocycles. The first kappa shape index (κ1) is 11.1. The molecule has 5 nitrogen and oxygen atoms in total.